The van der Waals surface area contributed by atoms with E-state index in [1.807, 2.05) is 19.1 Å². The second-order valence-corrected chi connectivity index (χ2v) is 7.45. The van der Waals surface area contributed by atoms with E-state index in [9.17, 15) is 10.1 Å². The molecule has 22 heavy (non-hydrogen) atoms. The molecule has 0 N–H and O–H groups in total. The summed E-state index contributed by atoms with van der Waals surface area (Å²) in [5.41, 5.74) is 3.54. The molecule has 1 heterocycles. The first kappa shape index (κ1) is 15.0. The molecule has 3 rings (SSSR count). The van der Waals surface area contributed by atoms with Crippen molar-refractivity contribution in [1.29, 1.82) is 5.26 Å². The van der Waals surface area contributed by atoms with Crippen LogP contribution >= 0.6 is 15.9 Å². The van der Waals surface area contributed by atoms with Gasteiger partial charge in [0.15, 0.2) is 5.78 Å². The van der Waals surface area contributed by atoms with Crippen molar-refractivity contribution in [3.05, 3.63) is 45.2 Å². The van der Waals surface area contributed by atoms with Crippen LogP contribution in [0.4, 0.5) is 0 Å². The van der Waals surface area contributed by atoms with Crippen molar-refractivity contribution in [2.24, 2.45) is 5.41 Å². The Bertz CT molecular complexity index is 827. The molecule has 0 unspecified atom stereocenters. The van der Waals surface area contributed by atoms with E-state index in [1.54, 1.807) is 10.7 Å². The quantitative estimate of drug-likeness (QED) is 0.775. The van der Waals surface area contributed by atoms with Crippen molar-refractivity contribution in [3.63, 3.8) is 0 Å². The zero-order valence-corrected chi connectivity index (χ0v) is 14.4. The van der Waals surface area contributed by atoms with Gasteiger partial charge in [0.1, 0.15) is 6.07 Å². The van der Waals surface area contributed by atoms with Crippen molar-refractivity contribution in [2.75, 3.05) is 0 Å². The van der Waals surface area contributed by atoms with Crippen LogP contribution in [0.1, 0.15) is 47.6 Å². The zero-order valence-electron chi connectivity index (χ0n) is 12.8. The van der Waals surface area contributed by atoms with Gasteiger partial charge in [-0.25, -0.2) is 4.68 Å². The highest BCUT2D eigenvalue weighted by Crippen LogP contribution is 2.37. The fourth-order valence-corrected chi connectivity index (χ4v) is 3.46. The molecule has 1 aromatic heterocycles. The summed E-state index contributed by atoms with van der Waals surface area (Å²) in [5, 5.41) is 13.9. The molecule has 0 aliphatic heterocycles. The fraction of sp³-hybridized carbons (Fsp3) is 0.353. The third-order valence-electron chi connectivity index (χ3n) is 4.03. The second kappa shape index (κ2) is 5.06. The van der Waals surface area contributed by atoms with E-state index in [2.05, 4.69) is 40.9 Å². The average Bonchev–Trinajstić information content (AvgIpc) is 2.74. The van der Waals surface area contributed by atoms with Gasteiger partial charge in [0.2, 0.25) is 0 Å². The highest BCUT2D eigenvalue weighted by Gasteiger charge is 2.36. The van der Waals surface area contributed by atoms with Crippen LogP contribution in [0.25, 0.3) is 5.69 Å². The van der Waals surface area contributed by atoms with Gasteiger partial charge in [0.25, 0.3) is 0 Å². The molecule has 0 bridgehead atoms. The van der Waals surface area contributed by atoms with Crippen LogP contribution in [-0.4, -0.2) is 15.6 Å². The van der Waals surface area contributed by atoms with E-state index in [1.165, 1.54) is 0 Å². The number of hydrogen-bond acceptors (Lipinski definition) is 3. The number of halogens is 1. The largest absolute Gasteiger partial charge is 0.294 e. The van der Waals surface area contributed by atoms with Crippen LogP contribution < -0.4 is 0 Å². The summed E-state index contributed by atoms with van der Waals surface area (Å²) in [6, 6.07) is 7.67. The van der Waals surface area contributed by atoms with Crippen molar-refractivity contribution in [1.82, 2.24) is 9.78 Å². The minimum Gasteiger partial charge on any atom is -0.294 e. The number of hydrogen-bond donors (Lipinski definition) is 0. The molecule has 5 heteroatoms. The Balaban J connectivity index is 2.28. The molecule has 0 saturated carbocycles. The molecule has 1 aromatic carbocycles. The molecule has 0 spiro atoms. The zero-order chi connectivity index (χ0) is 16.1. The van der Waals surface area contributed by atoms with E-state index >= 15 is 0 Å². The lowest BCUT2D eigenvalue weighted by Crippen LogP contribution is -2.28. The predicted molar refractivity (Wildman–Crippen MR) is 87.1 cm³/mol. The topological polar surface area (TPSA) is 58.7 Å². The lowest BCUT2D eigenvalue weighted by molar-refractivity contribution is 0.0910. The number of nitrogens with zero attached hydrogens (tertiary/aromatic N) is 3. The Morgan fingerprint density at radius 3 is 2.77 bits per heavy atom. The van der Waals surface area contributed by atoms with E-state index < -0.39 is 0 Å². The van der Waals surface area contributed by atoms with Gasteiger partial charge in [-0.05, 0) is 37.0 Å². The van der Waals surface area contributed by atoms with Gasteiger partial charge in [0.05, 0.1) is 28.2 Å². The van der Waals surface area contributed by atoms with Crippen molar-refractivity contribution in [3.8, 4) is 11.8 Å². The molecule has 112 valence electrons. The Hall–Kier alpha value is -1.93. The number of ketones is 1. The summed E-state index contributed by atoms with van der Waals surface area (Å²) >= 11 is 3.44. The van der Waals surface area contributed by atoms with Gasteiger partial charge >= 0.3 is 0 Å². The number of nitriles is 1. The molecule has 2 aromatic rings. The standard InChI is InChI=1S/C17H16BrN3O/c1-10-16-14(7-17(2,3)8-15(16)22)21(20-10)13-6-12(18)5-4-11(13)9-19/h4-6H,7-8H2,1-3H3. The molecule has 1 aliphatic carbocycles. The number of carbonyl (C=O) groups is 1. The summed E-state index contributed by atoms with van der Waals surface area (Å²) < 4.78 is 2.65. The Morgan fingerprint density at radius 2 is 2.09 bits per heavy atom. The lowest BCUT2D eigenvalue weighted by Gasteiger charge is -2.29. The summed E-state index contributed by atoms with van der Waals surface area (Å²) in [6.45, 7) is 6.04. The third-order valence-corrected chi connectivity index (χ3v) is 4.52. The molecular formula is C17H16BrN3O. The molecular weight excluding hydrogens is 342 g/mol. The summed E-state index contributed by atoms with van der Waals surface area (Å²) in [7, 11) is 0. The molecule has 0 amide bonds. The highest BCUT2D eigenvalue weighted by molar-refractivity contribution is 9.10. The maximum Gasteiger partial charge on any atom is 0.167 e. The summed E-state index contributed by atoms with van der Waals surface area (Å²) in [4.78, 5) is 12.5. The minimum absolute atomic E-state index is 0.0902. The number of rotatable bonds is 1. The van der Waals surface area contributed by atoms with Crippen LogP contribution in [0.5, 0.6) is 0 Å². The number of fused-ring (bicyclic) bond motifs is 1. The van der Waals surface area contributed by atoms with E-state index in [4.69, 9.17) is 0 Å². The monoisotopic (exact) mass is 357 g/mol. The van der Waals surface area contributed by atoms with Crippen LogP contribution in [0.3, 0.4) is 0 Å². The van der Waals surface area contributed by atoms with Gasteiger partial charge in [-0.15, -0.1) is 0 Å². The minimum atomic E-state index is -0.0902. The smallest absolute Gasteiger partial charge is 0.167 e. The van der Waals surface area contributed by atoms with Crippen LogP contribution in [-0.2, 0) is 6.42 Å². The number of benzene rings is 1. The van der Waals surface area contributed by atoms with Crippen LogP contribution in [0, 0.1) is 23.7 Å². The van der Waals surface area contributed by atoms with E-state index in [0.717, 1.165) is 27.8 Å². The number of aromatic nitrogens is 2. The average molecular weight is 358 g/mol. The Morgan fingerprint density at radius 1 is 1.36 bits per heavy atom. The SMILES string of the molecule is Cc1nn(-c2cc(Br)ccc2C#N)c2c1C(=O)CC(C)(C)C2. The number of carbonyl (C=O) groups excluding carboxylic acids is 1. The second-order valence-electron chi connectivity index (χ2n) is 6.53. The normalized spacial score (nSPS) is 16.2. The number of Topliss-reactive ketones (excluding diaryl/α,β-unsaturated/α-hetero) is 1. The van der Waals surface area contributed by atoms with Gasteiger partial charge in [-0.3, -0.25) is 4.79 Å². The summed E-state index contributed by atoms with van der Waals surface area (Å²) in [6.07, 6.45) is 1.31. The van der Waals surface area contributed by atoms with E-state index in [0.29, 0.717) is 17.7 Å². The summed E-state index contributed by atoms with van der Waals surface area (Å²) in [5.74, 6) is 0.142. The van der Waals surface area contributed by atoms with Crippen molar-refractivity contribution in [2.45, 2.75) is 33.6 Å². The molecule has 1 aliphatic rings. The van der Waals surface area contributed by atoms with E-state index in [-0.39, 0.29) is 11.2 Å². The Kier molecular flexibility index (Phi) is 3.45. The maximum absolute atomic E-state index is 12.5. The highest BCUT2D eigenvalue weighted by atomic mass is 79.9. The molecule has 0 atom stereocenters. The van der Waals surface area contributed by atoms with Gasteiger partial charge in [-0.2, -0.15) is 10.4 Å². The molecule has 0 fully saturated rings. The molecule has 0 saturated heterocycles. The first-order valence-corrected chi connectivity index (χ1v) is 7.93. The van der Waals surface area contributed by atoms with Crippen molar-refractivity contribution >= 4 is 21.7 Å². The predicted octanol–water partition coefficient (Wildman–Crippen LogP) is 3.97. The molecule has 0 radical (unpaired) electrons. The number of aryl methyl sites for hydroxylation is 1. The van der Waals surface area contributed by atoms with Crippen molar-refractivity contribution < 1.29 is 4.79 Å². The first-order valence-electron chi connectivity index (χ1n) is 7.14. The van der Waals surface area contributed by atoms with Gasteiger partial charge in [0, 0.05) is 10.9 Å². The molecule has 4 nitrogen and oxygen atoms in total. The van der Waals surface area contributed by atoms with Gasteiger partial charge < -0.3 is 0 Å². The Labute approximate surface area is 137 Å². The fourth-order valence-electron chi connectivity index (χ4n) is 3.11. The third kappa shape index (κ3) is 2.38. The van der Waals surface area contributed by atoms with Crippen LogP contribution in [0.2, 0.25) is 0 Å². The van der Waals surface area contributed by atoms with Gasteiger partial charge in [-0.1, -0.05) is 29.8 Å². The first-order chi connectivity index (χ1) is 10.3. The van der Waals surface area contributed by atoms with Crippen LogP contribution in [0.15, 0.2) is 22.7 Å². The maximum atomic E-state index is 12.5. The lowest BCUT2D eigenvalue weighted by atomic mass is 9.75.